The summed E-state index contributed by atoms with van der Waals surface area (Å²) in [6.07, 6.45) is 2.32. The molecule has 16 heavy (non-hydrogen) atoms. The standard InChI is InChI=1S/C10H22N4.C2H6/c1-12-6-8-14(9-7-12)13-4-2-10(11)3-5-13;1-2/h10H,2-9,11H2,1H3;1-2H3. The van der Waals surface area contributed by atoms with Crippen molar-refractivity contribution in [3.63, 3.8) is 0 Å². The van der Waals surface area contributed by atoms with E-state index in [-0.39, 0.29) is 0 Å². The van der Waals surface area contributed by atoms with Crippen LogP contribution in [0.25, 0.3) is 0 Å². The van der Waals surface area contributed by atoms with E-state index in [1.54, 1.807) is 0 Å². The molecule has 0 aromatic rings. The van der Waals surface area contributed by atoms with Gasteiger partial charge in [0.1, 0.15) is 0 Å². The van der Waals surface area contributed by atoms with E-state index in [0.29, 0.717) is 6.04 Å². The predicted molar refractivity (Wildman–Crippen MR) is 69.2 cm³/mol. The molecule has 2 N–H and O–H groups in total. The molecule has 4 nitrogen and oxygen atoms in total. The summed E-state index contributed by atoms with van der Waals surface area (Å²) in [5.41, 5.74) is 5.90. The van der Waals surface area contributed by atoms with Crippen molar-refractivity contribution < 1.29 is 0 Å². The Bertz CT molecular complexity index is 150. The molecule has 0 atom stereocenters. The normalized spacial score (nSPS) is 26.2. The first kappa shape index (κ1) is 13.9. The molecular formula is C12H28N4. The third-order valence-electron chi connectivity index (χ3n) is 3.40. The molecule has 2 aliphatic rings. The minimum Gasteiger partial charge on any atom is -0.328 e. The summed E-state index contributed by atoms with van der Waals surface area (Å²) in [4.78, 5) is 2.40. The van der Waals surface area contributed by atoms with Crippen molar-refractivity contribution in [3.8, 4) is 0 Å². The fraction of sp³-hybridized carbons (Fsp3) is 1.00. The number of likely N-dealkylation sites (N-methyl/N-ethyl adjacent to an activating group) is 1. The summed E-state index contributed by atoms with van der Waals surface area (Å²) in [6, 6.07) is 0.443. The van der Waals surface area contributed by atoms with Crippen molar-refractivity contribution in [1.82, 2.24) is 14.9 Å². The van der Waals surface area contributed by atoms with Gasteiger partial charge in [-0.2, -0.15) is 0 Å². The van der Waals surface area contributed by atoms with E-state index in [1.807, 2.05) is 13.8 Å². The van der Waals surface area contributed by atoms with E-state index in [0.717, 1.165) is 25.9 Å². The fourth-order valence-electron chi connectivity index (χ4n) is 2.25. The molecule has 2 fully saturated rings. The molecule has 0 aliphatic carbocycles. The fourth-order valence-corrected chi connectivity index (χ4v) is 2.25. The van der Waals surface area contributed by atoms with Gasteiger partial charge in [-0.25, -0.2) is 10.0 Å². The summed E-state index contributed by atoms with van der Waals surface area (Å²) < 4.78 is 0. The summed E-state index contributed by atoms with van der Waals surface area (Å²) >= 11 is 0. The molecule has 2 rings (SSSR count). The second kappa shape index (κ2) is 7.22. The highest BCUT2D eigenvalue weighted by molar-refractivity contribution is 4.75. The molecule has 2 aliphatic heterocycles. The molecule has 4 heteroatoms. The van der Waals surface area contributed by atoms with Crippen LogP contribution in [0.4, 0.5) is 0 Å². The Morgan fingerprint density at radius 1 is 0.812 bits per heavy atom. The van der Waals surface area contributed by atoms with Gasteiger partial charge in [-0.15, -0.1) is 0 Å². The van der Waals surface area contributed by atoms with Gasteiger partial charge in [0.05, 0.1) is 0 Å². The van der Waals surface area contributed by atoms with Crippen LogP contribution in [0, 0.1) is 0 Å². The van der Waals surface area contributed by atoms with Crippen LogP contribution in [0.15, 0.2) is 0 Å². The molecule has 0 saturated carbocycles. The number of nitrogens with zero attached hydrogens (tertiary/aromatic N) is 3. The predicted octanol–water partition coefficient (Wildman–Crippen LogP) is 0.598. The highest BCUT2D eigenvalue weighted by Crippen LogP contribution is 2.12. The quantitative estimate of drug-likeness (QED) is 0.713. The summed E-state index contributed by atoms with van der Waals surface area (Å²) in [5.74, 6) is 0. The van der Waals surface area contributed by atoms with Crippen LogP contribution < -0.4 is 5.73 Å². The first-order valence-electron chi connectivity index (χ1n) is 6.69. The number of piperidine rings is 1. The number of hydrogen-bond donors (Lipinski definition) is 1. The lowest BCUT2D eigenvalue weighted by Gasteiger charge is -2.42. The smallest absolute Gasteiger partial charge is 0.0261 e. The van der Waals surface area contributed by atoms with Crippen LogP contribution in [0.1, 0.15) is 26.7 Å². The second-order valence-electron chi connectivity index (χ2n) is 4.55. The van der Waals surface area contributed by atoms with Crippen molar-refractivity contribution in [1.29, 1.82) is 0 Å². The maximum Gasteiger partial charge on any atom is 0.0261 e. The lowest BCUT2D eigenvalue weighted by molar-refractivity contribution is -0.0669. The van der Waals surface area contributed by atoms with E-state index in [4.69, 9.17) is 5.73 Å². The molecule has 0 radical (unpaired) electrons. The van der Waals surface area contributed by atoms with Gasteiger partial charge >= 0.3 is 0 Å². The lowest BCUT2D eigenvalue weighted by Crippen LogP contribution is -2.55. The van der Waals surface area contributed by atoms with Gasteiger partial charge < -0.3 is 10.6 Å². The maximum atomic E-state index is 5.90. The molecular weight excluding hydrogens is 200 g/mol. The van der Waals surface area contributed by atoms with E-state index in [1.165, 1.54) is 26.2 Å². The van der Waals surface area contributed by atoms with Crippen LogP contribution >= 0.6 is 0 Å². The average molecular weight is 228 g/mol. The van der Waals surface area contributed by atoms with Gasteiger partial charge in [-0.1, -0.05) is 13.8 Å². The molecule has 0 bridgehead atoms. The highest BCUT2D eigenvalue weighted by atomic mass is 15.6. The molecule has 0 aromatic carbocycles. The second-order valence-corrected chi connectivity index (χ2v) is 4.55. The minimum atomic E-state index is 0.443. The highest BCUT2D eigenvalue weighted by Gasteiger charge is 2.23. The van der Waals surface area contributed by atoms with E-state index < -0.39 is 0 Å². The Hall–Kier alpha value is -0.160. The largest absolute Gasteiger partial charge is 0.328 e. The van der Waals surface area contributed by atoms with E-state index in [2.05, 4.69) is 22.0 Å². The first-order valence-corrected chi connectivity index (χ1v) is 6.69. The van der Waals surface area contributed by atoms with Gasteiger partial charge in [0.25, 0.3) is 0 Å². The monoisotopic (exact) mass is 228 g/mol. The lowest BCUT2D eigenvalue weighted by atomic mass is 10.1. The Balaban J connectivity index is 0.000000606. The van der Waals surface area contributed by atoms with Crippen LogP contribution in [0.3, 0.4) is 0 Å². The zero-order chi connectivity index (χ0) is 12.0. The average Bonchev–Trinajstić information content (AvgIpc) is 2.34. The van der Waals surface area contributed by atoms with Crippen molar-refractivity contribution in [2.75, 3.05) is 46.3 Å². The Morgan fingerprint density at radius 2 is 1.25 bits per heavy atom. The van der Waals surface area contributed by atoms with Crippen molar-refractivity contribution in [2.45, 2.75) is 32.7 Å². The van der Waals surface area contributed by atoms with Crippen LogP contribution in [-0.2, 0) is 0 Å². The number of rotatable bonds is 1. The van der Waals surface area contributed by atoms with E-state index >= 15 is 0 Å². The van der Waals surface area contributed by atoms with Gasteiger partial charge in [0.15, 0.2) is 0 Å². The van der Waals surface area contributed by atoms with Crippen molar-refractivity contribution >= 4 is 0 Å². The van der Waals surface area contributed by atoms with Crippen LogP contribution in [-0.4, -0.2) is 67.3 Å². The molecule has 96 valence electrons. The molecule has 0 spiro atoms. The van der Waals surface area contributed by atoms with Gasteiger partial charge in [-0.3, -0.25) is 0 Å². The molecule has 2 heterocycles. The first-order chi connectivity index (χ1) is 7.75. The minimum absolute atomic E-state index is 0.443. The number of hydrazine groups is 1. The summed E-state index contributed by atoms with van der Waals surface area (Å²) in [5, 5.41) is 5.00. The van der Waals surface area contributed by atoms with Crippen LogP contribution in [0.5, 0.6) is 0 Å². The van der Waals surface area contributed by atoms with Gasteiger partial charge in [-0.05, 0) is 19.9 Å². The number of piperazine rings is 1. The maximum absolute atomic E-state index is 5.90. The number of nitrogens with two attached hydrogens (primary N) is 1. The topological polar surface area (TPSA) is 35.7 Å². The summed E-state index contributed by atoms with van der Waals surface area (Å²) in [7, 11) is 2.20. The molecule has 2 saturated heterocycles. The molecule has 0 aromatic heterocycles. The van der Waals surface area contributed by atoms with Crippen LogP contribution in [0.2, 0.25) is 0 Å². The van der Waals surface area contributed by atoms with Crippen molar-refractivity contribution in [2.24, 2.45) is 5.73 Å². The number of hydrogen-bond acceptors (Lipinski definition) is 4. The SMILES string of the molecule is CC.CN1CCN(N2CCC(N)CC2)CC1. The Labute approximate surface area is 100 Å². The van der Waals surface area contributed by atoms with Crippen molar-refractivity contribution in [3.05, 3.63) is 0 Å². The molecule has 0 amide bonds. The van der Waals surface area contributed by atoms with Gasteiger partial charge in [0.2, 0.25) is 0 Å². The third-order valence-corrected chi connectivity index (χ3v) is 3.40. The van der Waals surface area contributed by atoms with E-state index in [9.17, 15) is 0 Å². The summed E-state index contributed by atoms with van der Waals surface area (Å²) in [6.45, 7) is 11.1. The zero-order valence-electron chi connectivity index (χ0n) is 11.2. The van der Waals surface area contributed by atoms with Gasteiger partial charge in [0, 0.05) is 45.3 Å². The Kier molecular flexibility index (Phi) is 6.28. The molecule has 0 unspecified atom stereocenters. The zero-order valence-corrected chi connectivity index (χ0v) is 11.2. The Morgan fingerprint density at radius 3 is 1.75 bits per heavy atom. The third kappa shape index (κ3) is 4.01.